The minimum absolute atomic E-state index is 0.511. The van der Waals surface area contributed by atoms with E-state index >= 15 is 0 Å². The Labute approximate surface area is 84.2 Å². The fraction of sp³-hybridized carbons (Fsp3) is 0.636. The average molecular weight is 192 g/mol. The van der Waals surface area contributed by atoms with Crippen LogP contribution in [0.2, 0.25) is 0 Å². The quantitative estimate of drug-likeness (QED) is 0.739. The molecule has 0 spiro atoms. The average Bonchev–Trinajstić information content (AvgIpc) is 2.86. The Morgan fingerprint density at radius 1 is 1.57 bits per heavy atom. The molecule has 0 aliphatic heterocycles. The van der Waals surface area contributed by atoms with E-state index in [1.165, 1.54) is 25.7 Å². The molecule has 2 unspecified atom stereocenters. The van der Waals surface area contributed by atoms with Crippen LogP contribution < -0.4 is 0 Å². The zero-order valence-corrected chi connectivity index (χ0v) is 8.57. The summed E-state index contributed by atoms with van der Waals surface area (Å²) in [6.07, 6.45) is 6.59. The second kappa shape index (κ2) is 3.95. The van der Waals surface area contributed by atoms with Crippen LogP contribution in [-0.4, -0.2) is 10.1 Å². The molecule has 1 aliphatic carbocycles. The Balaban J connectivity index is 2.05. The highest BCUT2D eigenvalue weighted by Crippen LogP contribution is 2.38. The molecule has 0 saturated heterocycles. The molecular weight excluding hydrogens is 176 g/mol. The number of hydrogen-bond donors (Lipinski definition) is 0. The summed E-state index contributed by atoms with van der Waals surface area (Å²) in [6, 6.07) is 0. The molecule has 1 saturated carbocycles. The van der Waals surface area contributed by atoms with E-state index in [1.54, 1.807) is 6.08 Å². The van der Waals surface area contributed by atoms with E-state index in [0.717, 1.165) is 11.7 Å². The third-order valence-electron chi connectivity index (χ3n) is 3.12. The smallest absolute Gasteiger partial charge is 0.250 e. The van der Waals surface area contributed by atoms with Crippen LogP contribution in [0.1, 0.15) is 50.2 Å². The van der Waals surface area contributed by atoms with Gasteiger partial charge >= 0.3 is 0 Å². The van der Waals surface area contributed by atoms with Crippen molar-refractivity contribution in [2.45, 2.75) is 38.5 Å². The first-order valence-corrected chi connectivity index (χ1v) is 5.29. The summed E-state index contributed by atoms with van der Waals surface area (Å²) < 4.78 is 5.02. The third kappa shape index (κ3) is 1.72. The highest BCUT2D eigenvalue weighted by atomic mass is 16.5. The van der Waals surface area contributed by atoms with Crippen molar-refractivity contribution in [1.29, 1.82) is 0 Å². The monoisotopic (exact) mass is 192 g/mol. The van der Waals surface area contributed by atoms with Crippen LogP contribution in [0.4, 0.5) is 0 Å². The van der Waals surface area contributed by atoms with Gasteiger partial charge < -0.3 is 4.52 Å². The molecule has 2 rings (SSSR count). The van der Waals surface area contributed by atoms with Crippen molar-refractivity contribution in [2.75, 3.05) is 0 Å². The van der Waals surface area contributed by atoms with E-state index in [1.807, 2.05) is 0 Å². The maximum absolute atomic E-state index is 5.02. The predicted octanol–water partition coefficient (Wildman–Crippen LogP) is 3.01. The second-order valence-corrected chi connectivity index (χ2v) is 3.98. The van der Waals surface area contributed by atoms with Crippen molar-refractivity contribution < 1.29 is 4.52 Å². The summed E-state index contributed by atoms with van der Waals surface area (Å²) in [7, 11) is 0. The molecule has 1 fully saturated rings. The summed E-state index contributed by atoms with van der Waals surface area (Å²) in [4.78, 5) is 4.28. The standard InChI is InChI=1S/C11H16N2O/c1-3-8-5-6-9(7-8)11-12-10(4-2)14-13-11/h4,8-9H,2-3,5-7H2,1H3. The van der Waals surface area contributed by atoms with Gasteiger partial charge in [0.05, 0.1) is 0 Å². The van der Waals surface area contributed by atoms with E-state index in [2.05, 4.69) is 23.6 Å². The van der Waals surface area contributed by atoms with Gasteiger partial charge in [-0.1, -0.05) is 25.1 Å². The highest BCUT2D eigenvalue weighted by molar-refractivity contribution is 5.32. The van der Waals surface area contributed by atoms with Crippen molar-refractivity contribution in [2.24, 2.45) is 5.92 Å². The summed E-state index contributed by atoms with van der Waals surface area (Å²) in [5.74, 6) is 2.78. The molecule has 0 N–H and O–H groups in total. The first-order valence-electron chi connectivity index (χ1n) is 5.29. The lowest BCUT2D eigenvalue weighted by Gasteiger charge is -2.04. The van der Waals surface area contributed by atoms with Crippen LogP contribution in [0.3, 0.4) is 0 Å². The summed E-state index contributed by atoms with van der Waals surface area (Å²) in [5, 5.41) is 3.98. The van der Waals surface area contributed by atoms with Crippen molar-refractivity contribution in [1.82, 2.24) is 10.1 Å². The van der Waals surface area contributed by atoms with E-state index in [0.29, 0.717) is 11.8 Å². The minimum atomic E-state index is 0.511. The molecule has 14 heavy (non-hydrogen) atoms. The molecule has 1 aromatic rings. The molecule has 0 amide bonds. The SMILES string of the molecule is C=Cc1nc(C2CCC(CC)C2)no1. The van der Waals surface area contributed by atoms with E-state index in [-0.39, 0.29) is 0 Å². The largest absolute Gasteiger partial charge is 0.335 e. The Hall–Kier alpha value is -1.12. The lowest BCUT2D eigenvalue weighted by Crippen LogP contribution is -1.97. The van der Waals surface area contributed by atoms with Crippen LogP contribution in [0.15, 0.2) is 11.1 Å². The summed E-state index contributed by atoms with van der Waals surface area (Å²) >= 11 is 0. The first-order chi connectivity index (χ1) is 6.83. The topological polar surface area (TPSA) is 38.9 Å². The maximum atomic E-state index is 5.02. The fourth-order valence-corrected chi connectivity index (χ4v) is 2.18. The second-order valence-electron chi connectivity index (χ2n) is 3.98. The van der Waals surface area contributed by atoms with Crippen molar-refractivity contribution >= 4 is 6.08 Å². The molecule has 0 bridgehead atoms. The molecule has 76 valence electrons. The van der Waals surface area contributed by atoms with Gasteiger partial charge in [0, 0.05) is 5.92 Å². The Morgan fingerprint density at radius 2 is 2.43 bits per heavy atom. The predicted molar refractivity (Wildman–Crippen MR) is 54.8 cm³/mol. The summed E-state index contributed by atoms with van der Waals surface area (Å²) in [5.41, 5.74) is 0. The first kappa shape index (κ1) is 9.44. The van der Waals surface area contributed by atoms with Gasteiger partial charge in [-0.3, -0.25) is 0 Å². The van der Waals surface area contributed by atoms with Gasteiger partial charge in [-0.05, 0) is 31.3 Å². The molecule has 3 nitrogen and oxygen atoms in total. The van der Waals surface area contributed by atoms with Gasteiger partial charge in [0.15, 0.2) is 5.82 Å². The maximum Gasteiger partial charge on any atom is 0.250 e. The molecule has 3 heteroatoms. The van der Waals surface area contributed by atoms with Crippen LogP contribution in [-0.2, 0) is 0 Å². The van der Waals surface area contributed by atoms with E-state index in [4.69, 9.17) is 4.52 Å². The number of hydrogen-bond acceptors (Lipinski definition) is 3. The third-order valence-corrected chi connectivity index (χ3v) is 3.12. The van der Waals surface area contributed by atoms with Gasteiger partial charge in [0.2, 0.25) is 5.89 Å². The van der Waals surface area contributed by atoms with Crippen molar-refractivity contribution in [3.8, 4) is 0 Å². The highest BCUT2D eigenvalue weighted by Gasteiger charge is 2.27. The molecule has 0 radical (unpaired) electrons. The fourth-order valence-electron chi connectivity index (χ4n) is 2.18. The number of nitrogens with zero attached hydrogens (tertiary/aromatic N) is 2. The lowest BCUT2D eigenvalue weighted by molar-refractivity contribution is 0.396. The molecule has 2 atom stereocenters. The lowest BCUT2D eigenvalue weighted by atomic mass is 10.0. The normalized spacial score (nSPS) is 26.6. The molecule has 1 heterocycles. The summed E-state index contributed by atoms with van der Waals surface area (Å²) in [6.45, 7) is 5.85. The zero-order valence-electron chi connectivity index (χ0n) is 8.57. The van der Waals surface area contributed by atoms with E-state index in [9.17, 15) is 0 Å². The Kier molecular flexibility index (Phi) is 2.66. The molecule has 1 aliphatic rings. The molecule has 0 aromatic carbocycles. The van der Waals surface area contributed by atoms with Crippen LogP contribution in [0.5, 0.6) is 0 Å². The minimum Gasteiger partial charge on any atom is -0.335 e. The van der Waals surface area contributed by atoms with Crippen LogP contribution in [0, 0.1) is 5.92 Å². The molecular formula is C11H16N2O. The van der Waals surface area contributed by atoms with Crippen LogP contribution in [0.25, 0.3) is 6.08 Å². The van der Waals surface area contributed by atoms with Crippen LogP contribution >= 0.6 is 0 Å². The van der Waals surface area contributed by atoms with Gasteiger partial charge in [-0.25, -0.2) is 0 Å². The van der Waals surface area contributed by atoms with Crippen molar-refractivity contribution in [3.05, 3.63) is 18.3 Å². The van der Waals surface area contributed by atoms with Gasteiger partial charge in [0.1, 0.15) is 0 Å². The van der Waals surface area contributed by atoms with Gasteiger partial charge in [-0.15, -0.1) is 0 Å². The number of rotatable bonds is 3. The Morgan fingerprint density at radius 3 is 3.00 bits per heavy atom. The number of aromatic nitrogens is 2. The molecule has 1 aromatic heterocycles. The zero-order chi connectivity index (χ0) is 9.97. The van der Waals surface area contributed by atoms with Gasteiger partial charge in [-0.2, -0.15) is 4.98 Å². The Bertz CT molecular complexity index is 319. The van der Waals surface area contributed by atoms with Gasteiger partial charge in [0.25, 0.3) is 0 Å². The van der Waals surface area contributed by atoms with Crippen molar-refractivity contribution in [3.63, 3.8) is 0 Å². The van der Waals surface area contributed by atoms with E-state index < -0.39 is 0 Å².